The first kappa shape index (κ1) is 6.81. The molecule has 0 aliphatic heterocycles. The number of aldehydes is 1. The fraction of sp³-hybridized carbons (Fsp3) is 0.800. The van der Waals surface area contributed by atoms with Crippen molar-refractivity contribution in [1.82, 2.24) is 0 Å². The molecule has 0 unspecified atom stereocenters. The van der Waals surface area contributed by atoms with Gasteiger partial charge in [0.25, 0.3) is 0 Å². The summed E-state index contributed by atoms with van der Waals surface area (Å²) in [6.45, 7) is 0. The molecule has 4 aliphatic carbocycles. The summed E-state index contributed by atoms with van der Waals surface area (Å²) in [4.78, 5) is 22.1. The lowest BCUT2D eigenvalue weighted by Crippen LogP contribution is -2.42. The highest BCUT2D eigenvalue weighted by molar-refractivity contribution is 5.96. The Morgan fingerprint density at radius 1 is 1.50 bits per heavy atom. The summed E-state index contributed by atoms with van der Waals surface area (Å²) in [7, 11) is 0. The highest BCUT2D eigenvalue weighted by atomic mass is 16.1. The maximum Gasteiger partial charge on any atom is 0.142 e. The number of rotatable bonds is 2. The highest BCUT2D eigenvalue weighted by Crippen LogP contribution is 2.67. The first-order chi connectivity index (χ1) is 5.78. The van der Waals surface area contributed by atoms with E-state index in [1.807, 2.05) is 0 Å². The molecule has 0 radical (unpaired) electrons. The molecule has 4 fully saturated rings. The third-order valence-corrected chi connectivity index (χ3v) is 4.14. The smallest absolute Gasteiger partial charge is 0.142 e. The van der Waals surface area contributed by atoms with Crippen LogP contribution in [0.1, 0.15) is 25.7 Å². The van der Waals surface area contributed by atoms with Crippen molar-refractivity contribution >= 4 is 12.1 Å². The molecule has 4 atom stereocenters. The summed E-state index contributed by atoms with van der Waals surface area (Å²) in [6.07, 6.45) is 5.30. The maximum atomic E-state index is 11.6. The van der Waals surface area contributed by atoms with Crippen LogP contribution in [0.3, 0.4) is 0 Å². The molecule has 64 valence electrons. The Morgan fingerprint density at radius 2 is 2.33 bits per heavy atom. The van der Waals surface area contributed by atoms with E-state index in [1.54, 1.807) is 0 Å². The summed E-state index contributed by atoms with van der Waals surface area (Å²) < 4.78 is 0. The number of hydrogen-bond acceptors (Lipinski definition) is 2. The van der Waals surface area contributed by atoms with Gasteiger partial charge in [-0.25, -0.2) is 0 Å². The molecule has 0 aromatic rings. The van der Waals surface area contributed by atoms with Gasteiger partial charge in [0.15, 0.2) is 0 Å². The van der Waals surface area contributed by atoms with Crippen molar-refractivity contribution in [1.29, 1.82) is 0 Å². The van der Waals surface area contributed by atoms with Gasteiger partial charge in [-0.3, -0.25) is 4.79 Å². The monoisotopic (exact) mass is 164 g/mol. The lowest BCUT2D eigenvalue weighted by atomic mass is 9.64. The van der Waals surface area contributed by atoms with Crippen molar-refractivity contribution in [2.45, 2.75) is 25.7 Å². The zero-order valence-electron chi connectivity index (χ0n) is 6.95. The first-order valence-electron chi connectivity index (χ1n) is 4.77. The molecule has 2 heteroatoms. The fourth-order valence-corrected chi connectivity index (χ4v) is 3.32. The van der Waals surface area contributed by atoms with Crippen molar-refractivity contribution in [3.8, 4) is 0 Å². The normalized spacial score (nSPS) is 55.0. The van der Waals surface area contributed by atoms with Crippen LogP contribution in [0.25, 0.3) is 0 Å². The van der Waals surface area contributed by atoms with E-state index in [0.717, 1.165) is 32.0 Å². The van der Waals surface area contributed by atoms with Gasteiger partial charge in [0, 0.05) is 17.3 Å². The predicted molar refractivity (Wildman–Crippen MR) is 42.4 cm³/mol. The van der Waals surface area contributed by atoms with Gasteiger partial charge < -0.3 is 4.79 Å². The average molecular weight is 164 g/mol. The summed E-state index contributed by atoms with van der Waals surface area (Å²) in [5, 5.41) is 0. The quantitative estimate of drug-likeness (QED) is 0.574. The number of Topliss-reactive ketones (excluding diaryl/α,β-unsaturated/α-hetero) is 1. The Kier molecular flexibility index (Phi) is 1.03. The Hall–Kier alpha value is -0.660. The zero-order valence-corrected chi connectivity index (χ0v) is 6.95. The van der Waals surface area contributed by atoms with Crippen LogP contribution >= 0.6 is 0 Å². The second-order valence-corrected chi connectivity index (χ2v) is 4.60. The van der Waals surface area contributed by atoms with Crippen LogP contribution in [0.4, 0.5) is 0 Å². The second-order valence-electron chi connectivity index (χ2n) is 4.60. The van der Waals surface area contributed by atoms with E-state index in [1.165, 1.54) is 0 Å². The highest BCUT2D eigenvalue weighted by Gasteiger charge is 2.67. The van der Waals surface area contributed by atoms with Crippen LogP contribution in [0.2, 0.25) is 0 Å². The minimum Gasteiger partial charge on any atom is -0.303 e. The molecule has 0 saturated heterocycles. The fourth-order valence-electron chi connectivity index (χ4n) is 3.32. The van der Waals surface area contributed by atoms with Crippen LogP contribution in [0.5, 0.6) is 0 Å². The lowest BCUT2D eigenvalue weighted by molar-refractivity contribution is -0.141. The van der Waals surface area contributed by atoms with E-state index < -0.39 is 0 Å². The molecule has 4 rings (SSSR count). The molecule has 0 aromatic carbocycles. The number of ketones is 1. The van der Waals surface area contributed by atoms with Crippen molar-refractivity contribution in [3.05, 3.63) is 0 Å². The Bertz CT molecular complexity index is 267. The molecule has 4 aliphatic rings. The minimum atomic E-state index is 0.0102. The molecule has 12 heavy (non-hydrogen) atoms. The van der Waals surface area contributed by atoms with Gasteiger partial charge in [0.2, 0.25) is 0 Å². The van der Waals surface area contributed by atoms with Crippen molar-refractivity contribution < 1.29 is 9.59 Å². The van der Waals surface area contributed by atoms with Gasteiger partial charge >= 0.3 is 0 Å². The maximum absolute atomic E-state index is 11.6. The van der Waals surface area contributed by atoms with Gasteiger partial charge in [-0.05, 0) is 31.6 Å². The third-order valence-electron chi connectivity index (χ3n) is 4.14. The largest absolute Gasteiger partial charge is 0.303 e. The number of carbonyl (C=O) groups is 2. The molecule has 0 aromatic heterocycles. The van der Waals surface area contributed by atoms with E-state index in [9.17, 15) is 9.59 Å². The van der Waals surface area contributed by atoms with E-state index in [4.69, 9.17) is 0 Å². The van der Waals surface area contributed by atoms with Crippen LogP contribution in [-0.4, -0.2) is 12.1 Å². The van der Waals surface area contributed by atoms with Crippen molar-refractivity contribution in [2.75, 3.05) is 0 Å². The number of carbonyl (C=O) groups excluding carboxylic acids is 2. The van der Waals surface area contributed by atoms with Gasteiger partial charge in [0.05, 0.1) is 0 Å². The van der Waals surface area contributed by atoms with Crippen molar-refractivity contribution in [3.63, 3.8) is 0 Å². The Labute approximate surface area is 71.3 Å². The van der Waals surface area contributed by atoms with Gasteiger partial charge in [-0.1, -0.05) is 0 Å². The number of fused-ring (bicyclic) bond motifs is 1. The Balaban J connectivity index is 1.85. The van der Waals surface area contributed by atoms with Gasteiger partial charge in [0.1, 0.15) is 12.1 Å². The average Bonchev–Trinajstić information content (AvgIpc) is 2.65. The molecule has 2 nitrogen and oxygen atoms in total. The molecule has 4 saturated carbocycles. The Morgan fingerprint density at radius 3 is 2.75 bits per heavy atom. The standard InChI is InChI=1S/C10H12O2/c11-5-7-3-8(7)10-2-1-6(4-10)9(10)12/h5-8H,1-4H2/t6-,7+,8-,10+/m1/s1. The van der Waals surface area contributed by atoms with Crippen LogP contribution in [0.15, 0.2) is 0 Å². The van der Waals surface area contributed by atoms with Crippen molar-refractivity contribution in [2.24, 2.45) is 23.2 Å². The molecule has 0 N–H and O–H groups in total. The van der Waals surface area contributed by atoms with Crippen LogP contribution in [-0.2, 0) is 9.59 Å². The predicted octanol–water partition coefficient (Wildman–Crippen LogP) is 1.19. The van der Waals surface area contributed by atoms with Gasteiger partial charge in [-0.15, -0.1) is 0 Å². The molecular formula is C10H12O2. The zero-order chi connectivity index (χ0) is 8.34. The summed E-state index contributed by atoms with van der Waals surface area (Å²) >= 11 is 0. The second kappa shape index (κ2) is 1.81. The summed E-state index contributed by atoms with van der Waals surface area (Å²) in [5.41, 5.74) is 0.0102. The van der Waals surface area contributed by atoms with E-state index in [-0.39, 0.29) is 11.3 Å². The molecular weight excluding hydrogens is 152 g/mol. The molecule has 0 spiro atoms. The minimum absolute atomic E-state index is 0.0102. The molecule has 0 heterocycles. The van der Waals surface area contributed by atoms with E-state index in [2.05, 4.69) is 0 Å². The summed E-state index contributed by atoms with van der Waals surface area (Å²) in [5.74, 6) is 1.55. The third kappa shape index (κ3) is 0.551. The lowest BCUT2D eigenvalue weighted by Gasteiger charge is -2.37. The SMILES string of the molecule is O=C[C@@H]1C[C@H]1[C@]12CC[C@H](C1)C2=O. The van der Waals surface area contributed by atoms with E-state index in [0.29, 0.717) is 17.6 Å². The van der Waals surface area contributed by atoms with Gasteiger partial charge in [-0.2, -0.15) is 0 Å². The first-order valence-corrected chi connectivity index (χ1v) is 4.77. The van der Waals surface area contributed by atoms with E-state index >= 15 is 0 Å². The molecule has 2 bridgehead atoms. The van der Waals surface area contributed by atoms with Crippen LogP contribution < -0.4 is 0 Å². The number of hydrogen-bond donors (Lipinski definition) is 0. The van der Waals surface area contributed by atoms with Crippen LogP contribution in [0, 0.1) is 23.2 Å². The molecule has 0 amide bonds. The topological polar surface area (TPSA) is 34.1 Å². The summed E-state index contributed by atoms with van der Waals surface area (Å²) in [6, 6.07) is 0.